The van der Waals surface area contributed by atoms with Gasteiger partial charge in [-0.25, -0.2) is 0 Å². The van der Waals surface area contributed by atoms with Crippen LogP contribution in [0.1, 0.15) is 62.5 Å². The predicted molar refractivity (Wildman–Crippen MR) is 150 cm³/mol. The van der Waals surface area contributed by atoms with E-state index in [1.165, 1.54) is 71.5 Å². The number of benzene rings is 3. The molecule has 0 spiro atoms. The summed E-state index contributed by atoms with van der Waals surface area (Å²) in [4.78, 5) is 3.84. The molecule has 4 aromatic rings. The van der Waals surface area contributed by atoms with E-state index in [1.54, 1.807) is 12.7 Å². The maximum absolute atomic E-state index is 6.04. The average Bonchev–Trinajstić information content (AvgIpc) is 3.25. The van der Waals surface area contributed by atoms with Crippen LogP contribution in [0.3, 0.4) is 0 Å². The molecule has 3 N–H and O–H groups in total. The van der Waals surface area contributed by atoms with Gasteiger partial charge in [0.2, 0.25) is 0 Å². The number of rotatable bonds is 7. The van der Waals surface area contributed by atoms with Crippen LogP contribution in [-0.4, -0.2) is 18.6 Å². The topological polar surface area (TPSA) is 51.0 Å². The van der Waals surface area contributed by atoms with Crippen LogP contribution in [0.5, 0.6) is 5.75 Å². The fraction of sp³-hybridized carbons (Fsp3) is 0.455. The van der Waals surface area contributed by atoms with Crippen molar-refractivity contribution in [1.82, 2.24) is 4.98 Å². The number of hydrogen-bond acceptors (Lipinski definition) is 2. The van der Waals surface area contributed by atoms with Crippen molar-refractivity contribution in [2.24, 2.45) is 23.5 Å². The molecule has 0 atom stereocenters. The molecule has 3 aromatic carbocycles. The second kappa shape index (κ2) is 8.66. The van der Waals surface area contributed by atoms with E-state index in [0.29, 0.717) is 5.41 Å². The summed E-state index contributed by atoms with van der Waals surface area (Å²) < 4.78 is 6.04. The lowest BCUT2D eigenvalue weighted by molar-refractivity contribution is -0.00513. The van der Waals surface area contributed by atoms with Crippen LogP contribution in [0.2, 0.25) is 0 Å². The third kappa shape index (κ3) is 3.50. The van der Waals surface area contributed by atoms with E-state index >= 15 is 0 Å². The summed E-state index contributed by atoms with van der Waals surface area (Å²) in [7, 11) is 1.80. The first-order chi connectivity index (χ1) is 17.7. The van der Waals surface area contributed by atoms with Crippen LogP contribution in [0, 0.1) is 17.8 Å². The summed E-state index contributed by atoms with van der Waals surface area (Å²) in [5, 5.41) is 3.78. The monoisotopic (exact) mass is 478 g/mol. The quantitative estimate of drug-likeness (QED) is 0.267. The highest BCUT2D eigenvalue weighted by Gasteiger charge is 2.51. The van der Waals surface area contributed by atoms with Gasteiger partial charge in [0, 0.05) is 21.9 Å². The molecule has 3 heteroatoms. The lowest BCUT2D eigenvalue weighted by Gasteiger charge is -2.57. The Morgan fingerprint density at radius 2 is 1.64 bits per heavy atom. The van der Waals surface area contributed by atoms with E-state index in [-0.39, 0.29) is 0 Å². The Bertz CT molecular complexity index is 1400. The number of fused-ring (bicyclic) bond motifs is 2. The maximum Gasteiger partial charge on any atom is 0.136 e. The molecule has 0 amide bonds. The normalized spacial score (nSPS) is 26.8. The molecule has 0 aliphatic heterocycles. The number of methoxy groups -OCH3 is 1. The van der Waals surface area contributed by atoms with E-state index in [4.69, 9.17) is 10.5 Å². The minimum Gasteiger partial charge on any atom is -0.495 e. The van der Waals surface area contributed by atoms with E-state index in [0.717, 1.165) is 54.9 Å². The van der Waals surface area contributed by atoms with Gasteiger partial charge in [-0.05, 0) is 122 Å². The lowest BCUT2D eigenvalue weighted by atomic mass is 9.48. The SMILES string of the molecule is COc1c(-c2[nH]c3ccc(C45CC6CC(CC(C6)C4)C5)cc3c2CCCCN)ccc2ccccc12. The van der Waals surface area contributed by atoms with Crippen LogP contribution in [0.4, 0.5) is 0 Å². The Morgan fingerprint density at radius 3 is 2.36 bits per heavy atom. The minimum atomic E-state index is 0.412. The molecule has 0 unspecified atom stereocenters. The van der Waals surface area contributed by atoms with Crippen molar-refractivity contribution in [3.05, 3.63) is 65.7 Å². The third-order valence-electron chi connectivity index (χ3n) is 9.79. The highest BCUT2D eigenvalue weighted by molar-refractivity contribution is 5.98. The van der Waals surface area contributed by atoms with Gasteiger partial charge in [-0.2, -0.15) is 0 Å². The zero-order chi connectivity index (χ0) is 24.3. The minimum absolute atomic E-state index is 0.412. The van der Waals surface area contributed by atoms with Crippen LogP contribution >= 0.6 is 0 Å². The molecule has 4 bridgehead atoms. The number of nitrogens with one attached hydrogen (secondary N) is 1. The first-order valence-electron chi connectivity index (χ1n) is 14.1. The number of hydrogen-bond donors (Lipinski definition) is 2. The molecule has 3 nitrogen and oxygen atoms in total. The van der Waals surface area contributed by atoms with Crippen LogP contribution < -0.4 is 10.5 Å². The standard InChI is InChI=1S/C33H38N2O/c1-36-32-26-7-3-2-6-24(26)9-11-28(32)31-27(8-4-5-13-34)29-17-25(10-12-30(29)35-31)33-18-21-14-22(19-33)16-23(15-21)20-33/h2-3,6-7,9-12,17,21-23,35H,4-5,8,13-16,18-20,34H2,1H3. The molecule has 36 heavy (non-hydrogen) atoms. The van der Waals surface area contributed by atoms with E-state index in [1.807, 2.05) is 0 Å². The Hall–Kier alpha value is -2.78. The van der Waals surface area contributed by atoms with Gasteiger partial charge in [-0.15, -0.1) is 0 Å². The fourth-order valence-electron chi connectivity index (χ4n) is 8.64. The highest BCUT2D eigenvalue weighted by atomic mass is 16.5. The van der Waals surface area contributed by atoms with Crippen LogP contribution in [0.25, 0.3) is 32.9 Å². The van der Waals surface area contributed by atoms with Crippen LogP contribution in [0.15, 0.2) is 54.6 Å². The predicted octanol–water partition coefficient (Wildman–Crippen LogP) is 7.75. The van der Waals surface area contributed by atoms with Crippen molar-refractivity contribution in [2.75, 3.05) is 13.7 Å². The van der Waals surface area contributed by atoms with Gasteiger partial charge >= 0.3 is 0 Å². The molecular weight excluding hydrogens is 440 g/mol. The highest BCUT2D eigenvalue weighted by Crippen LogP contribution is 2.61. The lowest BCUT2D eigenvalue weighted by Crippen LogP contribution is -2.48. The van der Waals surface area contributed by atoms with Gasteiger partial charge in [0.1, 0.15) is 5.75 Å². The largest absolute Gasteiger partial charge is 0.495 e. The smallest absolute Gasteiger partial charge is 0.136 e. The Morgan fingerprint density at radius 1 is 0.889 bits per heavy atom. The fourth-order valence-corrected chi connectivity index (χ4v) is 8.64. The van der Waals surface area contributed by atoms with Gasteiger partial charge in [-0.3, -0.25) is 0 Å². The van der Waals surface area contributed by atoms with Gasteiger partial charge < -0.3 is 15.5 Å². The third-order valence-corrected chi connectivity index (χ3v) is 9.79. The second-order valence-corrected chi connectivity index (χ2v) is 12.1. The number of ether oxygens (including phenoxy) is 1. The molecule has 4 fully saturated rings. The van der Waals surface area contributed by atoms with Gasteiger partial charge in [0.05, 0.1) is 12.8 Å². The first kappa shape index (κ1) is 22.4. The van der Waals surface area contributed by atoms with E-state index in [2.05, 4.69) is 59.6 Å². The number of nitrogens with two attached hydrogens (primary N) is 1. The molecular formula is C33H38N2O. The van der Waals surface area contributed by atoms with Gasteiger partial charge in [-0.1, -0.05) is 36.4 Å². The van der Waals surface area contributed by atoms with Crippen molar-refractivity contribution < 1.29 is 4.74 Å². The summed E-state index contributed by atoms with van der Waals surface area (Å²) in [6.07, 6.45) is 11.9. The zero-order valence-electron chi connectivity index (χ0n) is 21.5. The molecule has 0 saturated heterocycles. The summed E-state index contributed by atoms with van der Waals surface area (Å²) in [6, 6.07) is 20.4. The molecule has 1 aromatic heterocycles. The number of H-pyrrole nitrogens is 1. The summed E-state index contributed by atoms with van der Waals surface area (Å²) >= 11 is 0. The van der Waals surface area contributed by atoms with Crippen molar-refractivity contribution in [1.29, 1.82) is 0 Å². The summed E-state index contributed by atoms with van der Waals surface area (Å²) in [5.74, 6) is 3.83. The van der Waals surface area contributed by atoms with Crippen LogP contribution in [-0.2, 0) is 11.8 Å². The number of aromatic amines is 1. The van der Waals surface area contributed by atoms with E-state index in [9.17, 15) is 0 Å². The molecule has 4 aliphatic rings. The van der Waals surface area contributed by atoms with Crippen molar-refractivity contribution in [3.8, 4) is 17.0 Å². The number of unbranched alkanes of at least 4 members (excludes halogenated alkanes) is 1. The van der Waals surface area contributed by atoms with E-state index < -0.39 is 0 Å². The Kier molecular flexibility index (Phi) is 5.39. The molecule has 4 saturated carbocycles. The average molecular weight is 479 g/mol. The van der Waals surface area contributed by atoms with Gasteiger partial charge in [0.15, 0.2) is 0 Å². The molecule has 186 valence electrons. The number of aromatic nitrogens is 1. The second-order valence-electron chi connectivity index (χ2n) is 12.1. The number of aryl methyl sites for hydroxylation is 1. The molecule has 4 aliphatic carbocycles. The first-order valence-corrected chi connectivity index (χ1v) is 14.1. The maximum atomic E-state index is 6.04. The molecule has 0 radical (unpaired) electrons. The van der Waals surface area contributed by atoms with Crippen molar-refractivity contribution in [2.45, 2.75) is 63.2 Å². The summed E-state index contributed by atoms with van der Waals surface area (Å²) in [5.41, 5.74) is 13.0. The Balaban J connectivity index is 1.38. The summed E-state index contributed by atoms with van der Waals surface area (Å²) in [6.45, 7) is 0.746. The molecule has 1 heterocycles. The Labute approximate surface area is 214 Å². The van der Waals surface area contributed by atoms with Gasteiger partial charge in [0.25, 0.3) is 0 Å². The van der Waals surface area contributed by atoms with Crippen molar-refractivity contribution >= 4 is 21.7 Å². The van der Waals surface area contributed by atoms with Crippen molar-refractivity contribution in [3.63, 3.8) is 0 Å². The molecule has 8 rings (SSSR count). The zero-order valence-corrected chi connectivity index (χ0v) is 21.5.